The van der Waals surface area contributed by atoms with Gasteiger partial charge in [0.15, 0.2) is 0 Å². The largest absolute Gasteiger partial charge is 0.396 e. The maximum Gasteiger partial charge on any atom is 0.0618 e. The molecule has 0 aromatic carbocycles. The highest BCUT2D eigenvalue weighted by molar-refractivity contribution is 5.21. The predicted molar refractivity (Wildman–Crippen MR) is 133 cm³/mol. The first-order valence-corrected chi connectivity index (χ1v) is 14.0. The topological polar surface area (TPSA) is 60.7 Å². The second kappa shape index (κ2) is 7.56. The van der Waals surface area contributed by atoms with Crippen LogP contribution in [-0.2, 0) is 0 Å². The Morgan fingerprint density at radius 1 is 0.788 bits per heavy atom. The van der Waals surface area contributed by atoms with Crippen molar-refractivity contribution >= 4 is 0 Å². The maximum atomic E-state index is 10.9. The number of allylic oxidation sites excluding steroid dienone is 1. The van der Waals surface area contributed by atoms with Gasteiger partial charge in [-0.25, -0.2) is 0 Å². The van der Waals surface area contributed by atoms with Crippen LogP contribution in [0.1, 0.15) is 98.8 Å². The van der Waals surface area contributed by atoms with Gasteiger partial charge in [0.05, 0.1) is 12.7 Å². The smallest absolute Gasteiger partial charge is 0.0618 e. The fraction of sp³-hybridized carbons (Fsp3) is 0.933. The van der Waals surface area contributed by atoms with Gasteiger partial charge >= 0.3 is 0 Å². The van der Waals surface area contributed by atoms with E-state index in [0.717, 1.165) is 19.3 Å². The number of hydrogen-bond acceptors (Lipinski definition) is 3. The second-order valence-corrected chi connectivity index (χ2v) is 14.4. The van der Waals surface area contributed by atoms with E-state index < -0.39 is 0 Å². The molecule has 0 bridgehead atoms. The van der Waals surface area contributed by atoms with Crippen LogP contribution < -0.4 is 0 Å². The maximum absolute atomic E-state index is 10.9. The van der Waals surface area contributed by atoms with Crippen LogP contribution in [0.5, 0.6) is 0 Å². The van der Waals surface area contributed by atoms with Crippen molar-refractivity contribution in [2.24, 2.45) is 56.7 Å². The van der Waals surface area contributed by atoms with Crippen molar-refractivity contribution < 1.29 is 15.3 Å². The Kier molecular flexibility index (Phi) is 5.57. The lowest BCUT2D eigenvalue weighted by atomic mass is 9.32. The van der Waals surface area contributed by atoms with Gasteiger partial charge in [0, 0.05) is 12.0 Å². The minimum atomic E-state index is -0.383. The van der Waals surface area contributed by atoms with Crippen molar-refractivity contribution in [3.8, 4) is 0 Å². The molecule has 0 aromatic heterocycles. The molecule has 3 unspecified atom stereocenters. The lowest BCUT2D eigenvalue weighted by Gasteiger charge is -2.73. The summed E-state index contributed by atoms with van der Waals surface area (Å²) in [6.45, 7) is 17.0. The monoisotopic (exact) mass is 458 g/mol. The van der Waals surface area contributed by atoms with E-state index >= 15 is 0 Å². The molecule has 0 radical (unpaired) electrons. The van der Waals surface area contributed by atoms with E-state index in [1.54, 1.807) is 0 Å². The summed E-state index contributed by atoms with van der Waals surface area (Å²) in [7, 11) is 0. The highest BCUT2D eigenvalue weighted by Crippen LogP contribution is 2.77. The quantitative estimate of drug-likeness (QED) is 0.457. The molecule has 33 heavy (non-hydrogen) atoms. The van der Waals surface area contributed by atoms with Crippen LogP contribution in [0, 0.1) is 56.7 Å². The van der Waals surface area contributed by atoms with Crippen molar-refractivity contribution in [2.75, 3.05) is 13.2 Å². The third kappa shape index (κ3) is 2.85. The molecule has 11 atom stereocenters. The molecule has 5 aliphatic rings. The molecular formula is C30H50O3. The molecule has 3 nitrogen and oxygen atoms in total. The van der Waals surface area contributed by atoms with E-state index in [0.29, 0.717) is 36.2 Å². The van der Waals surface area contributed by atoms with E-state index in [1.807, 2.05) is 0 Å². The van der Waals surface area contributed by atoms with Crippen molar-refractivity contribution in [2.45, 2.75) is 105 Å². The standard InChI is InChI=1S/C30H50O3/c1-19(2)20-9-14-30(18-32)16-15-28(5)21(25(20)30)7-8-23-26(3)12-11-24(33)27(4,17-31)22(26)10-13-29(23,28)6/h20-25,31-33H,1,7-18H2,2-6H3/t20-,21?,22+,23?,24-,25?,26-,27-,28+,29+,30+/m0/s1. The molecule has 0 saturated heterocycles. The van der Waals surface area contributed by atoms with Crippen LogP contribution in [0.25, 0.3) is 0 Å². The van der Waals surface area contributed by atoms with Crippen molar-refractivity contribution in [1.29, 1.82) is 0 Å². The number of aliphatic hydroxyl groups excluding tert-OH is 3. The molecule has 0 heterocycles. The molecular weight excluding hydrogens is 408 g/mol. The first kappa shape index (κ1) is 24.3. The minimum Gasteiger partial charge on any atom is -0.396 e. The van der Waals surface area contributed by atoms with Crippen molar-refractivity contribution in [1.82, 2.24) is 0 Å². The molecule has 0 aromatic rings. The summed E-state index contributed by atoms with van der Waals surface area (Å²) >= 11 is 0. The molecule has 5 fully saturated rings. The third-order valence-electron chi connectivity index (χ3n) is 13.7. The van der Waals surface area contributed by atoms with Crippen molar-refractivity contribution in [3.63, 3.8) is 0 Å². The number of hydrogen-bond donors (Lipinski definition) is 3. The summed E-state index contributed by atoms with van der Waals surface area (Å²) in [6, 6.07) is 0. The molecule has 3 N–H and O–H groups in total. The average Bonchev–Trinajstić information content (AvgIpc) is 3.17. The zero-order valence-electron chi connectivity index (χ0n) is 22.0. The Hall–Kier alpha value is -0.380. The fourth-order valence-corrected chi connectivity index (χ4v) is 11.6. The first-order chi connectivity index (χ1) is 15.4. The fourth-order valence-electron chi connectivity index (χ4n) is 11.6. The highest BCUT2D eigenvalue weighted by Gasteiger charge is 2.71. The highest BCUT2D eigenvalue weighted by atomic mass is 16.3. The van der Waals surface area contributed by atoms with Gasteiger partial charge in [0.2, 0.25) is 0 Å². The second-order valence-electron chi connectivity index (χ2n) is 14.4. The van der Waals surface area contributed by atoms with Gasteiger partial charge in [-0.05, 0) is 122 Å². The van der Waals surface area contributed by atoms with Gasteiger partial charge < -0.3 is 15.3 Å². The van der Waals surface area contributed by atoms with Crippen LogP contribution in [-0.4, -0.2) is 34.6 Å². The Labute approximate surface area is 202 Å². The van der Waals surface area contributed by atoms with Crippen LogP contribution in [0.3, 0.4) is 0 Å². The lowest BCUT2D eigenvalue weighted by Crippen LogP contribution is -2.67. The van der Waals surface area contributed by atoms with Gasteiger partial charge in [-0.1, -0.05) is 39.8 Å². The summed E-state index contributed by atoms with van der Waals surface area (Å²) in [5.41, 5.74) is 1.83. The average molecular weight is 459 g/mol. The van der Waals surface area contributed by atoms with E-state index in [4.69, 9.17) is 0 Å². The van der Waals surface area contributed by atoms with E-state index in [9.17, 15) is 15.3 Å². The summed E-state index contributed by atoms with van der Waals surface area (Å²) in [5.74, 6) is 2.86. The van der Waals surface area contributed by atoms with E-state index in [-0.39, 0.29) is 39.8 Å². The van der Waals surface area contributed by atoms with Gasteiger partial charge in [-0.2, -0.15) is 0 Å². The summed E-state index contributed by atoms with van der Waals surface area (Å²) in [5, 5.41) is 32.0. The van der Waals surface area contributed by atoms with Crippen LogP contribution in [0.2, 0.25) is 0 Å². The Morgan fingerprint density at radius 3 is 2.15 bits per heavy atom. The SMILES string of the molecule is C=C(C)[C@@H]1CC[C@]2(CO)CC[C@]3(C)C(CCC4[C@@]5(C)CC[C@H](O)[C@@](C)(CO)[C@@H]5CC[C@]43C)C12. The summed E-state index contributed by atoms with van der Waals surface area (Å²) in [4.78, 5) is 0. The summed E-state index contributed by atoms with van der Waals surface area (Å²) in [6.07, 6.45) is 11.2. The van der Waals surface area contributed by atoms with Crippen LogP contribution >= 0.6 is 0 Å². The molecule has 3 heteroatoms. The Bertz CT molecular complexity index is 808. The predicted octanol–water partition coefficient (Wildman–Crippen LogP) is 5.97. The molecule has 188 valence electrons. The zero-order valence-corrected chi connectivity index (χ0v) is 22.0. The van der Waals surface area contributed by atoms with Crippen LogP contribution in [0.4, 0.5) is 0 Å². The van der Waals surface area contributed by atoms with Crippen LogP contribution in [0.15, 0.2) is 12.2 Å². The molecule has 5 rings (SSSR count). The zero-order chi connectivity index (χ0) is 24.0. The Morgan fingerprint density at radius 2 is 1.52 bits per heavy atom. The molecule has 5 saturated carbocycles. The van der Waals surface area contributed by atoms with Gasteiger partial charge in [-0.3, -0.25) is 0 Å². The first-order valence-electron chi connectivity index (χ1n) is 14.0. The molecule has 0 aliphatic heterocycles. The van der Waals surface area contributed by atoms with Gasteiger partial charge in [0.1, 0.15) is 0 Å². The molecule has 0 amide bonds. The number of rotatable bonds is 3. The van der Waals surface area contributed by atoms with Crippen molar-refractivity contribution in [3.05, 3.63) is 12.2 Å². The minimum absolute atomic E-state index is 0.0964. The number of aliphatic hydroxyl groups is 3. The third-order valence-corrected chi connectivity index (χ3v) is 13.7. The normalized spacial score (nSPS) is 58.1. The summed E-state index contributed by atoms with van der Waals surface area (Å²) < 4.78 is 0. The lowest BCUT2D eigenvalue weighted by molar-refractivity contribution is -0.255. The number of fused-ring (bicyclic) bond motifs is 7. The van der Waals surface area contributed by atoms with Gasteiger partial charge in [0.25, 0.3) is 0 Å². The molecule has 0 spiro atoms. The Balaban J connectivity index is 1.55. The van der Waals surface area contributed by atoms with E-state index in [1.165, 1.54) is 50.5 Å². The molecule has 5 aliphatic carbocycles. The van der Waals surface area contributed by atoms with E-state index in [2.05, 4.69) is 41.2 Å². The van der Waals surface area contributed by atoms with Gasteiger partial charge in [-0.15, -0.1) is 0 Å².